The van der Waals surface area contributed by atoms with Crippen LogP contribution in [-0.4, -0.2) is 56.4 Å². The number of ether oxygens (including phenoxy) is 2. The molecule has 0 atom stereocenters. The molecule has 0 saturated carbocycles. The molecule has 5 heteroatoms. The highest BCUT2D eigenvalue weighted by Gasteiger charge is 2.13. The summed E-state index contributed by atoms with van der Waals surface area (Å²) in [4.78, 5) is 13.7. The van der Waals surface area contributed by atoms with E-state index in [1.807, 2.05) is 24.3 Å². The summed E-state index contributed by atoms with van der Waals surface area (Å²) in [6.45, 7) is 1.25. The summed E-state index contributed by atoms with van der Waals surface area (Å²) in [5.41, 5.74) is 0.922. The van der Waals surface area contributed by atoms with E-state index in [0.717, 1.165) is 11.3 Å². The highest BCUT2D eigenvalue weighted by Crippen LogP contribution is 2.12. The van der Waals surface area contributed by atoms with Crippen molar-refractivity contribution in [2.24, 2.45) is 0 Å². The van der Waals surface area contributed by atoms with Crippen LogP contribution in [0.25, 0.3) is 0 Å². The molecule has 1 aromatic carbocycles. The minimum absolute atomic E-state index is 0.0173. The number of carbonyl (C=O) groups excluding carboxylic acids is 1. The molecule has 0 aliphatic carbocycles. The van der Waals surface area contributed by atoms with Crippen LogP contribution in [0.1, 0.15) is 5.56 Å². The highest BCUT2D eigenvalue weighted by atomic mass is 16.5. The molecule has 0 unspecified atom stereocenters. The molecule has 0 heterocycles. The fourth-order valence-corrected chi connectivity index (χ4v) is 1.71. The third kappa shape index (κ3) is 5.28. The molecule has 19 heavy (non-hydrogen) atoms. The van der Waals surface area contributed by atoms with Crippen LogP contribution in [0.2, 0.25) is 0 Å². The Morgan fingerprint density at radius 3 is 2.42 bits per heavy atom. The minimum Gasteiger partial charge on any atom is -0.497 e. The van der Waals surface area contributed by atoms with Gasteiger partial charge in [-0.05, 0) is 17.7 Å². The lowest BCUT2D eigenvalue weighted by atomic mass is 10.1. The maximum absolute atomic E-state index is 12.1. The maximum Gasteiger partial charge on any atom is 0.227 e. The Bertz CT molecular complexity index is 378. The summed E-state index contributed by atoms with van der Waals surface area (Å²) in [6, 6.07) is 7.39. The van der Waals surface area contributed by atoms with E-state index in [2.05, 4.69) is 0 Å². The standard InChI is InChI=1S/C14H21NO4/c1-18-10-8-15(7-9-16)14(17)11-12-3-5-13(19-2)6-4-12/h3-6,16H,7-11H2,1-2H3. The van der Waals surface area contributed by atoms with E-state index in [1.165, 1.54) is 0 Å². The zero-order chi connectivity index (χ0) is 14.1. The number of aliphatic hydroxyl groups is 1. The van der Waals surface area contributed by atoms with E-state index in [1.54, 1.807) is 19.1 Å². The molecule has 5 nitrogen and oxygen atoms in total. The van der Waals surface area contributed by atoms with Gasteiger partial charge in [0, 0.05) is 20.2 Å². The van der Waals surface area contributed by atoms with Crippen molar-refractivity contribution >= 4 is 5.91 Å². The number of rotatable bonds is 8. The van der Waals surface area contributed by atoms with Crippen LogP contribution in [0.5, 0.6) is 5.75 Å². The molecule has 1 amide bonds. The van der Waals surface area contributed by atoms with Crippen molar-refractivity contribution in [2.45, 2.75) is 6.42 Å². The van der Waals surface area contributed by atoms with Crippen LogP contribution in [0, 0.1) is 0 Å². The molecule has 0 aliphatic rings. The number of nitrogens with zero attached hydrogens (tertiary/aromatic N) is 1. The number of benzene rings is 1. The summed E-state index contributed by atoms with van der Waals surface area (Å²) in [5, 5.41) is 8.97. The lowest BCUT2D eigenvalue weighted by Crippen LogP contribution is -2.37. The zero-order valence-electron chi connectivity index (χ0n) is 11.5. The van der Waals surface area contributed by atoms with Gasteiger partial charge in [0.15, 0.2) is 0 Å². The summed E-state index contributed by atoms with van der Waals surface area (Å²) in [6.07, 6.45) is 0.313. The van der Waals surface area contributed by atoms with Gasteiger partial charge in [-0.2, -0.15) is 0 Å². The Labute approximate surface area is 113 Å². The van der Waals surface area contributed by atoms with E-state index in [-0.39, 0.29) is 12.5 Å². The topological polar surface area (TPSA) is 59.0 Å². The van der Waals surface area contributed by atoms with Crippen LogP contribution < -0.4 is 4.74 Å². The first-order valence-electron chi connectivity index (χ1n) is 6.21. The lowest BCUT2D eigenvalue weighted by molar-refractivity contribution is -0.131. The Morgan fingerprint density at radius 2 is 1.89 bits per heavy atom. The number of aliphatic hydroxyl groups excluding tert-OH is 1. The summed E-state index contributed by atoms with van der Waals surface area (Å²) >= 11 is 0. The van der Waals surface area contributed by atoms with Gasteiger partial charge in [-0.1, -0.05) is 12.1 Å². The van der Waals surface area contributed by atoms with Gasteiger partial charge in [-0.15, -0.1) is 0 Å². The van der Waals surface area contributed by atoms with Gasteiger partial charge in [0.1, 0.15) is 5.75 Å². The van der Waals surface area contributed by atoms with Crippen LogP contribution >= 0.6 is 0 Å². The normalized spacial score (nSPS) is 10.3. The monoisotopic (exact) mass is 267 g/mol. The number of hydrogen-bond donors (Lipinski definition) is 1. The molecule has 0 aliphatic heterocycles. The first-order valence-corrected chi connectivity index (χ1v) is 6.21. The van der Waals surface area contributed by atoms with E-state index in [4.69, 9.17) is 14.6 Å². The Balaban J connectivity index is 2.58. The van der Waals surface area contributed by atoms with Gasteiger partial charge in [0.05, 0.1) is 26.7 Å². The highest BCUT2D eigenvalue weighted by molar-refractivity contribution is 5.78. The van der Waals surface area contributed by atoms with E-state index in [9.17, 15) is 4.79 Å². The molecule has 1 aromatic rings. The number of methoxy groups -OCH3 is 2. The summed E-state index contributed by atoms with van der Waals surface area (Å²) in [5.74, 6) is 0.749. The van der Waals surface area contributed by atoms with Crippen molar-refractivity contribution in [3.63, 3.8) is 0 Å². The van der Waals surface area contributed by atoms with Crippen molar-refractivity contribution in [1.29, 1.82) is 0 Å². The van der Waals surface area contributed by atoms with E-state index >= 15 is 0 Å². The van der Waals surface area contributed by atoms with Crippen LogP contribution in [0.15, 0.2) is 24.3 Å². The molecule has 0 spiro atoms. The Morgan fingerprint density at radius 1 is 1.21 bits per heavy atom. The molecule has 106 valence electrons. The molecular weight excluding hydrogens is 246 g/mol. The first-order chi connectivity index (χ1) is 9.21. The van der Waals surface area contributed by atoms with Gasteiger partial charge in [0.2, 0.25) is 5.91 Å². The molecule has 0 fully saturated rings. The SMILES string of the molecule is COCCN(CCO)C(=O)Cc1ccc(OC)cc1. The summed E-state index contributed by atoms with van der Waals surface area (Å²) in [7, 11) is 3.19. The number of amides is 1. The van der Waals surface area contributed by atoms with Crippen LogP contribution in [-0.2, 0) is 16.0 Å². The second-order valence-electron chi connectivity index (χ2n) is 4.12. The van der Waals surface area contributed by atoms with Crippen LogP contribution in [0.3, 0.4) is 0 Å². The predicted octanol–water partition coefficient (Wildman–Crippen LogP) is 0.705. The first kappa shape index (κ1) is 15.5. The average molecular weight is 267 g/mol. The van der Waals surface area contributed by atoms with E-state index in [0.29, 0.717) is 26.1 Å². The maximum atomic E-state index is 12.1. The number of hydrogen-bond acceptors (Lipinski definition) is 4. The summed E-state index contributed by atoms with van der Waals surface area (Å²) < 4.78 is 10.0. The smallest absolute Gasteiger partial charge is 0.227 e. The molecule has 0 radical (unpaired) electrons. The van der Waals surface area contributed by atoms with E-state index < -0.39 is 0 Å². The van der Waals surface area contributed by atoms with Crippen molar-refractivity contribution in [3.8, 4) is 5.75 Å². The van der Waals surface area contributed by atoms with Gasteiger partial charge in [-0.3, -0.25) is 4.79 Å². The fourth-order valence-electron chi connectivity index (χ4n) is 1.71. The predicted molar refractivity (Wildman–Crippen MR) is 72.2 cm³/mol. The van der Waals surface area contributed by atoms with Gasteiger partial charge >= 0.3 is 0 Å². The Kier molecular flexibility index (Phi) is 6.92. The third-order valence-corrected chi connectivity index (χ3v) is 2.80. The van der Waals surface area contributed by atoms with Crippen molar-refractivity contribution in [2.75, 3.05) is 40.5 Å². The Hall–Kier alpha value is -1.59. The molecule has 1 N–H and O–H groups in total. The second-order valence-corrected chi connectivity index (χ2v) is 4.12. The number of carbonyl (C=O) groups is 1. The minimum atomic E-state index is -0.0436. The van der Waals surface area contributed by atoms with Gasteiger partial charge in [-0.25, -0.2) is 0 Å². The van der Waals surface area contributed by atoms with Crippen molar-refractivity contribution in [1.82, 2.24) is 4.90 Å². The third-order valence-electron chi connectivity index (χ3n) is 2.80. The lowest BCUT2D eigenvalue weighted by Gasteiger charge is -2.21. The second kappa shape index (κ2) is 8.50. The quantitative estimate of drug-likeness (QED) is 0.753. The van der Waals surface area contributed by atoms with Gasteiger partial charge < -0.3 is 19.5 Å². The van der Waals surface area contributed by atoms with Crippen LogP contribution in [0.4, 0.5) is 0 Å². The fraction of sp³-hybridized carbons (Fsp3) is 0.500. The molecular formula is C14H21NO4. The molecule has 0 saturated heterocycles. The average Bonchev–Trinajstić information content (AvgIpc) is 2.44. The zero-order valence-corrected chi connectivity index (χ0v) is 11.5. The molecule has 1 rings (SSSR count). The van der Waals surface area contributed by atoms with Gasteiger partial charge in [0.25, 0.3) is 0 Å². The van der Waals surface area contributed by atoms with Crippen molar-refractivity contribution < 1.29 is 19.4 Å². The van der Waals surface area contributed by atoms with Crippen molar-refractivity contribution in [3.05, 3.63) is 29.8 Å². The largest absolute Gasteiger partial charge is 0.497 e. The molecule has 0 bridgehead atoms. The molecule has 0 aromatic heterocycles.